The molecule has 0 aliphatic carbocycles. The maximum atomic E-state index is 13.2. The zero-order chi connectivity index (χ0) is 14.1. The Balaban J connectivity index is 1.74. The van der Waals surface area contributed by atoms with Gasteiger partial charge in [-0.05, 0) is 12.1 Å². The summed E-state index contributed by atoms with van der Waals surface area (Å²) in [4.78, 5) is 0. The van der Waals surface area contributed by atoms with E-state index in [4.69, 9.17) is 10.5 Å². The molecule has 0 spiro atoms. The number of nitrogens with zero attached hydrogens (tertiary/aromatic N) is 3. The molecule has 0 amide bonds. The number of nitrogens with two attached hydrogens (primary N) is 1. The Kier molecular flexibility index (Phi) is 3.47. The molecule has 3 atom stereocenters. The molecule has 7 heteroatoms. The van der Waals surface area contributed by atoms with Crippen molar-refractivity contribution >= 4 is 0 Å². The van der Waals surface area contributed by atoms with Gasteiger partial charge in [0.25, 0.3) is 0 Å². The minimum absolute atomic E-state index is 0.233. The van der Waals surface area contributed by atoms with Gasteiger partial charge in [0.2, 0.25) is 0 Å². The van der Waals surface area contributed by atoms with Crippen molar-refractivity contribution in [2.24, 2.45) is 5.73 Å². The molecule has 1 aromatic carbocycles. The maximum absolute atomic E-state index is 13.2. The number of halogens is 1. The van der Waals surface area contributed by atoms with Crippen LogP contribution in [0.5, 0.6) is 0 Å². The monoisotopic (exact) mass is 278 g/mol. The molecule has 1 aromatic heterocycles. The Labute approximate surface area is 115 Å². The van der Waals surface area contributed by atoms with Gasteiger partial charge in [-0.25, -0.2) is 9.07 Å². The topological polar surface area (TPSA) is 86.2 Å². The Morgan fingerprint density at radius 2 is 2.35 bits per heavy atom. The van der Waals surface area contributed by atoms with E-state index < -0.39 is 12.1 Å². The second-order valence-corrected chi connectivity index (χ2v) is 4.85. The first-order chi connectivity index (χ1) is 9.63. The maximum Gasteiger partial charge on any atom is 0.123 e. The van der Waals surface area contributed by atoms with Crippen molar-refractivity contribution in [1.29, 1.82) is 0 Å². The molecular weight excluding hydrogens is 263 g/mol. The Hall–Kier alpha value is -1.83. The second kappa shape index (κ2) is 5.28. The number of benzene rings is 1. The van der Waals surface area contributed by atoms with Crippen molar-refractivity contribution in [2.45, 2.75) is 24.8 Å². The van der Waals surface area contributed by atoms with Crippen molar-refractivity contribution in [3.05, 3.63) is 36.3 Å². The molecule has 0 bridgehead atoms. The minimum atomic E-state index is -0.647. The van der Waals surface area contributed by atoms with Gasteiger partial charge in [0, 0.05) is 5.56 Å². The third-order valence-electron chi connectivity index (χ3n) is 3.38. The standard InChI is InChI=1S/C13H15FN4O2/c14-9-3-1-2-8(4-9)10-5-18(17-16-10)6-12-13(15)11(19)7-20-12/h1-5,11-13,19H,6-7,15H2/t11-,12+,13+/m0/s1. The van der Waals surface area contributed by atoms with Gasteiger partial charge in [-0.3, -0.25) is 0 Å². The van der Waals surface area contributed by atoms with E-state index in [-0.39, 0.29) is 18.5 Å². The van der Waals surface area contributed by atoms with E-state index in [0.717, 1.165) is 0 Å². The van der Waals surface area contributed by atoms with Gasteiger partial charge in [0.1, 0.15) is 11.5 Å². The summed E-state index contributed by atoms with van der Waals surface area (Å²) in [5.74, 6) is -0.318. The van der Waals surface area contributed by atoms with Crippen LogP contribution in [0.4, 0.5) is 4.39 Å². The SMILES string of the molecule is N[C@@H]1[C@@H](O)CO[C@@H]1Cn1cc(-c2cccc(F)c2)nn1. The lowest BCUT2D eigenvalue weighted by atomic mass is 10.1. The van der Waals surface area contributed by atoms with Crippen LogP contribution >= 0.6 is 0 Å². The molecular formula is C13H15FN4O2. The van der Waals surface area contributed by atoms with Gasteiger partial charge in [-0.15, -0.1) is 5.10 Å². The fourth-order valence-corrected chi connectivity index (χ4v) is 2.22. The molecule has 1 aliphatic rings. The van der Waals surface area contributed by atoms with E-state index in [9.17, 15) is 9.50 Å². The summed E-state index contributed by atoms with van der Waals surface area (Å²) >= 11 is 0. The van der Waals surface area contributed by atoms with Crippen molar-refractivity contribution in [1.82, 2.24) is 15.0 Å². The van der Waals surface area contributed by atoms with Crippen molar-refractivity contribution < 1.29 is 14.2 Å². The third kappa shape index (κ3) is 2.55. The highest BCUT2D eigenvalue weighted by Crippen LogP contribution is 2.18. The average molecular weight is 278 g/mol. The fraction of sp³-hybridized carbons (Fsp3) is 0.385. The van der Waals surface area contributed by atoms with Crippen LogP contribution in [0.2, 0.25) is 0 Å². The Bertz CT molecular complexity index is 604. The van der Waals surface area contributed by atoms with Crippen molar-refractivity contribution in [2.75, 3.05) is 6.61 Å². The normalized spacial score (nSPS) is 26.1. The number of aliphatic hydroxyl groups excluding tert-OH is 1. The Morgan fingerprint density at radius 3 is 3.05 bits per heavy atom. The van der Waals surface area contributed by atoms with Crippen LogP contribution < -0.4 is 5.73 Å². The first-order valence-electron chi connectivity index (χ1n) is 6.35. The van der Waals surface area contributed by atoms with Crippen molar-refractivity contribution in [3.8, 4) is 11.3 Å². The predicted molar refractivity (Wildman–Crippen MR) is 69.1 cm³/mol. The van der Waals surface area contributed by atoms with Gasteiger partial charge in [0.15, 0.2) is 0 Å². The molecule has 3 N–H and O–H groups in total. The minimum Gasteiger partial charge on any atom is -0.389 e. The summed E-state index contributed by atoms with van der Waals surface area (Å²) in [5, 5.41) is 17.5. The van der Waals surface area contributed by atoms with E-state index in [1.165, 1.54) is 12.1 Å². The molecule has 1 aliphatic heterocycles. The average Bonchev–Trinajstić information content (AvgIpc) is 3.01. The molecule has 106 valence electrons. The van der Waals surface area contributed by atoms with Gasteiger partial charge in [-0.2, -0.15) is 0 Å². The molecule has 1 saturated heterocycles. The quantitative estimate of drug-likeness (QED) is 0.836. The third-order valence-corrected chi connectivity index (χ3v) is 3.38. The van der Waals surface area contributed by atoms with Gasteiger partial charge >= 0.3 is 0 Å². The van der Waals surface area contributed by atoms with E-state index in [0.29, 0.717) is 17.8 Å². The number of hydrogen-bond acceptors (Lipinski definition) is 5. The molecule has 0 radical (unpaired) electrons. The summed E-state index contributed by atoms with van der Waals surface area (Å²) in [7, 11) is 0. The largest absolute Gasteiger partial charge is 0.389 e. The zero-order valence-electron chi connectivity index (χ0n) is 10.7. The van der Waals surface area contributed by atoms with E-state index in [1.54, 1.807) is 23.0 Å². The van der Waals surface area contributed by atoms with Crippen LogP contribution in [0.1, 0.15) is 0 Å². The summed E-state index contributed by atoms with van der Waals surface area (Å²) in [6.07, 6.45) is 0.758. The van der Waals surface area contributed by atoms with Crippen LogP contribution in [0.3, 0.4) is 0 Å². The van der Waals surface area contributed by atoms with E-state index in [1.807, 2.05) is 0 Å². The van der Waals surface area contributed by atoms with Gasteiger partial charge < -0.3 is 15.6 Å². The first kappa shape index (κ1) is 13.2. The smallest absolute Gasteiger partial charge is 0.123 e. The number of aliphatic hydroxyl groups is 1. The molecule has 6 nitrogen and oxygen atoms in total. The van der Waals surface area contributed by atoms with Crippen LogP contribution in [0.15, 0.2) is 30.5 Å². The molecule has 0 saturated carbocycles. The van der Waals surface area contributed by atoms with Crippen molar-refractivity contribution in [3.63, 3.8) is 0 Å². The summed E-state index contributed by atoms with van der Waals surface area (Å²) in [6.45, 7) is 0.637. The van der Waals surface area contributed by atoms with Gasteiger partial charge in [0.05, 0.1) is 37.6 Å². The van der Waals surface area contributed by atoms with Crippen LogP contribution in [-0.4, -0.2) is 45.0 Å². The highest BCUT2D eigenvalue weighted by molar-refractivity contribution is 5.57. The summed E-state index contributed by atoms with van der Waals surface area (Å²) in [6, 6.07) is 5.72. The van der Waals surface area contributed by atoms with E-state index >= 15 is 0 Å². The zero-order valence-corrected chi connectivity index (χ0v) is 10.7. The van der Waals surface area contributed by atoms with Gasteiger partial charge in [-0.1, -0.05) is 17.3 Å². The summed E-state index contributed by atoms with van der Waals surface area (Å²) in [5.41, 5.74) is 7.06. The molecule has 1 fully saturated rings. The highest BCUT2D eigenvalue weighted by atomic mass is 19.1. The highest BCUT2D eigenvalue weighted by Gasteiger charge is 2.33. The van der Waals surface area contributed by atoms with Crippen LogP contribution in [0.25, 0.3) is 11.3 Å². The first-order valence-corrected chi connectivity index (χ1v) is 6.35. The Morgan fingerprint density at radius 1 is 1.50 bits per heavy atom. The predicted octanol–water partition coefficient (Wildman–Crippen LogP) is 0.171. The molecule has 0 unspecified atom stereocenters. The summed E-state index contributed by atoms with van der Waals surface area (Å²) < 4.78 is 20.1. The lowest BCUT2D eigenvalue weighted by Crippen LogP contribution is -2.40. The molecule has 2 heterocycles. The number of ether oxygens (including phenoxy) is 1. The lowest BCUT2D eigenvalue weighted by molar-refractivity contribution is 0.0759. The van der Waals surface area contributed by atoms with E-state index in [2.05, 4.69) is 10.3 Å². The lowest BCUT2D eigenvalue weighted by Gasteiger charge is -2.14. The van der Waals surface area contributed by atoms with Crippen LogP contribution in [0, 0.1) is 5.82 Å². The number of hydrogen-bond donors (Lipinski definition) is 2. The number of rotatable bonds is 3. The molecule has 3 rings (SSSR count). The number of aromatic nitrogens is 3. The fourth-order valence-electron chi connectivity index (χ4n) is 2.22. The molecule has 2 aromatic rings. The van der Waals surface area contributed by atoms with Crippen LogP contribution in [-0.2, 0) is 11.3 Å². The second-order valence-electron chi connectivity index (χ2n) is 4.85. The molecule has 20 heavy (non-hydrogen) atoms.